The standard InChI is InChI=1S/C12H25NO4S/c1-3-17-9-12(8-13-5-6-16-2)11-4-7-18(14,15)10-11/h11-13H,3-10H2,1-2H3. The minimum Gasteiger partial charge on any atom is -0.383 e. The lowest BCUT2D eigenvalue weighted by Crippen LogP contribution is -2.33. The Morgan fingerprint density at radius 2 is 2.22 bits per heavy atom. The summed E-state index contributed by atoms with van der Waals surface area (Å²) in [5, 5.41) is 3.30. The monoisotopic (exact) mass is 279 g/mol. The second-order valence-corrected chi connectivity index (χ2v) is 7.01. The van der Waals surface area contributed by atoms with E-state index in [-0.39, 0.29) is 11.8 Å². The minimum atomic E-state index is -2.81. The predicted molar refractivity (Wildman–Crippen MR) is 71.5 cm³/mol. The molecule has 0 amide bonds. The van der Waals surface area contributed by atoms with Crippen molar-refractivity contribution >= 4 is 9.84 Å². The molecule has 18 heavy (non-hydrogen) atoms. The molecular weight excluding hydrogens is 254 g/mol. The molecule has 0 spiro atoms. The zero-order valence-electron chi connectivity index (χ0n) is 11.4. The first kappa shape index (κ1) is 15.9. The quantitative estimate of drug-likeness (QED) is 0.615. The number of methoxy groups -OCH3 is 1. The van der Waals surface area contributed by atoms with E-state index in [0.717, 1.165) is 19.5 Å². The summed E-state index contributed by atoms with van der Waals surface area (Å²) in [6, 6.07) is 0. The molecule has 0 radical (unpaired) electrons. The molecule has 0 bridgehead atoms. The van der Waals surface area contributed by atoms with Crippen LogP contribution in [0.1, 0.15) is 13.3 Å². The Hall–Kier alpha value is -0.170. The van der Waals surface area contributed by atoms with Gasteiger partial charge < -0.3 is 14.8 Å². The Bertz CT molecular complexity index is 318. The van der Waals surface area contributed by atoms with Gasteiger partial charge in [0.1, 0.15) is 0 Å². The van der Waals surface area contributed by atoms with Gasteiger partial charge in [0.15, 0.2) is 9.84 Å². The van der Waals surface area contributed by atoms with Gasteiger partial charge in [0, 0.05) is 26.8 Å². The van der Waals surface area contributed by atoms with Gasteiger partial charge in [-0.3, -0.25) is 0 Å². The van der Waals surface area contributed by atoms with Crippen molar-refractivity contribution in [1.82, 2.24) is 5.32 Å². The lowest BCUT2D eigenvalue weighted by atomic mass is 9.92. The van der Waals surface area contributed by atoms with Gasteiger partial charge in [-0.2, -0.15) is 0 Å². The van der Waals surface area contributed by atoms with E-state index >= 15 is 0 Å². The smallest absolute Gasteiger partial charge is 0.150 e. The fourth-order valence-corrected chi connectivity index (χ4v) is 4.21. The summed E-state index contributed by atoms with van der Waals surface area (Å²) in [7, 11) is -1.14. The minimum absolute atomic E-state index is 0.233. The van der Waals surface area contributed by atoms with E-state index in [0.29, 0.717) is 31.3 Å². The summed E-state index contributed by atoms with van der Waals surface area (Å²) < 4.78 is 33.5. The van der Waals surface area contributed by atoms with Crippen LogP contribution >= 0.6 is 0 Å². The van der Waals surface area contributed by atoms with Crippen LogP contribution in [0.5, 0.6) is 0 Å². The summed E-state index contributed by atoms with van der Waals surface area (Å²) in [6.45, 7) is 5.53. The van der Waals surface area contributed by atoms with Gasteiger partial charge in [-0.25, -0.2) is 8.42 Å². The van der Waals surface area contributed by atoms with Crippen LogP contribution < -0.4 is 5.32 Å². The van der Waals surface area contributed by atoms with Crippen LogP contribution in [0.3, 0.4) is 0 Å². The third-order valence-corrected chi connectivity index (χ3v) is 5.15. The molecule has 0 aliphatic carbocycles. The molecule has 6 heteroatoms. The van der Waals surface area contributed by atoms with Crippen LogP contribution in [-0.2, 0) is 19.3 Å². The van der Waals surface area contributed by atoms with Crippen molar-refractivity contribution < 1.29 is 17.9 Å². The van der Waals surface area contributed by atoms with E-state index < -0.39 is 9.84 Å². The van der Waals surface area contributed by atoms with Crippen molar-refractivity contribution in [2.45, 2.75) is 13.3 Å². The molecule has 5 nitrogen and oxygen atoms in total. The van der Waals surface area contributed by atoms with E-state index in [1.165, 1.54) is 0 Å². The lowest BCUT2D eigenvalue weighted by Gasteiger charge is -2.22. The van der Waals surface area contributed by atoms with Crippen molar-refractivity contribution in [3.8, 4) is 0 Å². The topological polar surface area (TPSA) is 64.6 Å². The molecule has 108 valence electrons. The fourth-order valence-electron chi connectivity index (χ4n) is 2.29. The van der Waals surface area contributed by atoms with Gasteiger partial charge in [0.25, 0.3) is 0 Å². The van der Waals surface area contributed by atoms with Crippen LogP contribution in [0.2, 0.25) is 0 Å². The van der Waals surface area contributed by atoms with E-state index in [4.69, 9.17) is 9.47 Å². The highest BCUT2D eigenvalue weighted by molar-refractivity contribution is 7.91. The van der Waals surface area contributed by atoms with Gasteiger partial charge in [0.2, 0.25) is 0 Å². The maximum absolute atomic E-state index is 11.5. The molecule has 0 saturated carbocycles. The number of sulfone groups is 1. The van der Waals surface area contributed by atoms with E-state index in [9.17, 15) is 8.42 Å². The number of hydrogen-bond acceptors (Lipinski definition) is 5. The van der Waals surface area contributed by atoms with Gasteiger partial charge >= 0.3 is 0 Å². The molecule has 1 rings (SSSR count). The van der Waals surface area contributed by atoms with E-state index in [2.05, 4.69) is 5.32 Å². The van der Waals surface area contributed by atoms with Crippen LogP contribution in [0.4, 0.5) is 0 Å². The van der Waals surface area contributed by atoms with Crippen LogP contribution in [0.25, 0.3) is 0 Å². The molecule has 1 N–H and O–H groups in total. The summed E-state index contributed by atoms with van der Waals surface area (Å²) >= 11 is 0. The third-order valence-electron chi connectivity index (χ3n) is 3.36. The maximum atomic E-state index is 11.5. The predicted octanol–water partition coefficient (Wildman–Crippen LogP) is 0.310. The molecule has 1 aliphatic heterocycles. The fraction of sp³-hybridized carbons (Fsp3) is 1.00. The first-order valence-corrected chi connectivity index (χ1v) is 8.39. The van der Waals surface area contributed by atoms with Crippen LogP contribution in [0.15, 0.2) is 0 Å². The molecule has 0 aromatic carbocycles. The Kier molecular flexibility index (Phi) is 7.14. The molecule has 0 aromatic rings. The van der Waals surface area contributed by atoms with Crippen molar-refractivity contribution in [2.24, 2.45) is 11.8 Å². The van der Waals surface area contributed by atoms with Gasteiger partial charge in [-0.05, 0) is 25.2 Å². The SMILES string of the molecule is CCOCC(CNCCOC)C1CCS(=O)(=O)C1. The Morgan fingerprint density at radius 3 is 2.78 bits per heavy atom. The number of nitrogens with one attached hydrogen (secondary N) is 1. The van der Waals surface area contributed by atoms with Gasteiger partial charge in [-0.1, -0.05) is 0 Å². The highest BCUT2D eigenvalue weighted by Crippen LogP contribution is 2.26. The second-order valence-electron chi connectivity index (χ2n) is 4.78. The Labute approximate surface area is 110 Å². The van der Waals surface area contributed by atoms with Crippen molar-refractivity contribution in [3.63, 3.8) is 0 Å². The molecule has 1 fully saturated rings. The largest absolute Gasteiger partial charge is 0.383 e. The zero-order valence-corrected chi connectivity index (χ0v) is 12.2. The highest BCUT2D eigenvalue weighted by atomic mass is 32.2. The molecule has 0 aromatic heterocycles. The number of ether oxygens (including phenoxy) is 2. The van der Waals surface area contributed by atoms with Crippen molar-refractivity contribution in [1.29, 1.82) is 0 Å². The summed E-state index contributed by atoms with van der Waals surface area (Å²) in [4.78, 5) is 0. The Balaban J connectivity index is 2.40. The van der Waals surface area contributed by atoms with Crippen LogP contribution in [0, 0.1) is 11.8 Å². The molecule has 2 atom stereocenters. The number of rotatable bonds is 9. The Morgan fingerprint density at radius 1 is 1.44 bits per heavy atom. The van der Waals surface area contributed by atoms with Crippen LogP contribution in [-0.4, -0.2) is 59.9 Å². The second kappa shape index (κ2) is 8.09. The van der Waals surface area contributed by atoms with E-state index in [1.807, 2.05) is 6.92 Å². The van der Waals surface area contributed by atoms with Gasteiger partial charge in [-0.15, -0.1) is 0 Å². The highest BCUT2D eigenvalue weighted by Gasteiger charge is 2.33. The molecule has 1 saturated heterocycles. The first-order valence-electron chi connectivity index (χ1n) is 6.57. The summed E-state index contributed by atoms with van der Waals surface area (Å²) in [5.74, 6) is 1.16. The van der Waals surface area contributed by atoms with Crippen molar-refractivity contribution in [3.05, 3.63) is 0 Å². The number of hydrogen-bond donors (Lipinski definition) is 1. The zero-order chi connectivity index (χ0) is 13.4. The molecule has 1 heterocycles. The van der Waals surface area contributed by atoms with Crippen molar-refractivity contribution in [2.75, 3.05) is 51.5 Å². The molecular formula is C12H25NO4S. The maximum Gasteiger partial charge on any atom is 0.150 e. The molecule has 1 aliphatic rings. The summed E-state index contributed by atoms with van der Waals surface area (Å²) in [6.07, 6.45) is 0.770. The first-order chi connectivity index (χ1) is 8.59. The normalized spacial score (nSPS) is 24.2. The average molecular weight is 279 g/mol. The molecule has 2 unspecified atom stereocenters. The third kappa shape index (κ3) is 5.65. The van der Waals surface area contributed by atoms with Gasteiger partial charge in [0.05, 0.1) is 24.7 Å². The van der Waals surface area contributed by atoms with E-state index in [1.54, 1.807) is 7.11 Å². The lowest BCUT2D eigenvalue weighted by molar-refractivity contribution is 0.0885. The summed E-state index contributed by atoms with van der Waals surface area (Å²) in [5.41, 5.74) is 0. The average Bonchev–Trinajstić information content (AvgIpc) is 2.69.